The van der Waals surface area contributed by atoms with Crippen molar-refractivity contribution in [2.45, 2.75) is 0 Å². The molecule has 0 aliphatic heterocycles. The van der Waals surface area contributed by atoms with Gasteiger partial charge in [-0.15, -0.1) is 0 Å². The topological polar surface area (TPSA) is 32.8 Å². The number of nitrogens with zero attached hydrogens (tertiary/aromatic N) is 2. The van der Waals surface area contributed by atoms with Crippen LogP contribution in [0, 0.1) is 0 Å². The summed E-state index contributed by atoms with van der Waals surface area (Å²) in [6, 6.07) is 95.5. The largest absolute Gasteiger partial charge is 0.456 e. The standard InChI is InChI=1S/C68H44N2O2/c1-2-16-45(17-3-1)50-21-12-23-54(43-50)69(60-29-14-32-63-66(60)58-27-9-11-31-62(58)71-63)55-24-13-22-52(44-55)56-25-8-10-28-59(56)70(53-39-36-47(37-40-53)51-35-34-46-18-4-5-20-49(46)42-51)61-30-15-33-64-68(61)67-57-26-7-6-19-48(57)38-41-65(67)72-64/h1-44H. The van der Waals surface area contributed by atoms with Gasteiger partial charge in [0.2, 0.25) is 0 Å². The van der Waals surface area contributed by atoms with Gasteiger partial charge in [0, 0.05) is 33.4 Å². The number of furan rings is 2. The maximum Gasteiger partial charge on any atom is 0.137 e. The summed E-state index contributed by atoms with van der Waals surface area (Å²) in [5.74, 6) is 0. The van der Waals surface area contributed by atoms with Crippen molar-refractivity contribution in [1.29, 1.82) is 0 Å². The first-order valence-electron chi connectivity index (χ1n) is 24.5. The highest BCUT2D eigenvalue weighted by molar-refractivity contribution is 6.23. The van der Waals surface area contributed by atoms with E-state index < -0.39 is 0 Å². The third-order valence-corrected chi connectivity index (χ3v) is 14.2. The molecular formula is C68H44N2O2. The lowest BCUT2D eigenvalue weighted by molar-refractivity contribution is 0.668. The van der Waals surface area contributed by atoms with E-state index >= 15 is 0 Å². The molecule has 4 nitrogen and oxygen atoms in total. The number of fused-ring (bicyclic) bond motifs is 9. The minimum Gasteiger partial charge on any atom is -0.456 e. The van der Waals surface area contributed by atoms with E-state index in [0.717, 1.165) is 111 Å². The molecule has 14 rings (SSSR count). The molecule has 0 radical (unpaired) electrons. The Morgan fingerprint density at radius 1 is 0.236 bits per heavy atom. The molecule has 0 fully saturated rings. The van der Waals surface area contributed by atoms with Crippen molar-refractivity contribution in [3.8, 4) is 33.4 Å². The van der Waals surface area contributed by atoms with E-state index in [2.05, 4.69) is 271 Å². The van der Waals surface area contributed by atoms with E-state index in [1.807, 2.05) is 6.07 Å². The fourth-order valence-electron chi connectivity index (χ4n) is 10.9. The summed E-state index contributed by atoms with van der Waals surface area (Å²) in [6.07, 6.45) is 0. The van der Waals surface area contributed by atoms with E-state index in [1.54, 1.807) is 0 Å². The van der Waals surface area contributed by atoms with Crippen molar-refractivity contribution in [2.24, 2.45) is 0 Å². The maximum absolute atomic E-state index is 6.73. The summed E-state index contributed by atoms with van der Waals surface area (Å²) in [4.78, 5) is 4.81. The second kappa shape index (κ2) is 17.1. The Bertz CT molecular complexity index is 4360. The van der Waals surface area contributed by atoms with Gasteiger partial charge in [-0.3, -0.25) is 0 Å². The summed E-state index contributed by atoms with van der Waals surface area (Å²) in [6.45, 7) is 0. The van der Waals surface area contributed by atoms with Gasteiger partial charge in [-0.1, -0.05) is 182 Å². The summed E-state index contributed by atoms with van der Waals surface area (Å²) < 4.78 is 13.2. The Kier molecular flexibility index (Phi) is 9.82. The molecule has 2 aromatic heterocycles. The number of hydrogen-bond donors (Lipinski definition) is 0. The highest BCUT2D eigenvalue weighted by Gasteiger charge is 2.25. The molecule has 0 aliphatic carbocycles. The number of hydrogen-bond acceptors (Lipinski definition) is 4. The van der Waals surface area contributed by atoms with Crippen LogP contribution in [0.3, 0.4) is 0 Å². The van der Waals surface area contributed by atoms with E-state index in [1.165, 1.54) is 21.7 Å². The van der Waals surface area contributed by atoms with Crippen molar-refractivity contribution >= 4 is 99.5 Å². The van der Waals surface area contributed by atoms with Gasteiger partial charge in [0.15, 0.2) is 0 Å². The first-order chi connectivity index (χ1) is 35.7. The molecule has 0 saturated carbocycles. The Balaban J connectivity index is 0.975. The van der Waals surface area contributed by atoms with Gasteiger partial charge in [0.1, 0.15) is 22.3 Å². The van der Waals surface area contributed by atoms with E-state index in [9.17, 15) is 0 Å². The fraction of sp³-hybridized carbons (Fsp3) is 0. The molecule has 338 valence electrons. The number of anilines is 6. The number of benzene rings is 12. The van der Waals surface area contributed by atoms with Crippen LogP contribution in [0.15, 0.2) is 276 Å². The van der Waals surface area contributed by atoms with Gasteiger partial charge in [0.25, 0.3) is 0 Å². The first kappa shape index (κ1) is 41.3. The molecular weight excluding hydrogens is 877 g/mol. The Hall–Kier alpha value is -9.64. The predicted octanol–water partition coefficient (Wildman–Crippen LogP) is 19.7. The van der Waals surface area contributed by atoms with Crippen LogP contribution >= 0.6 is 0 Å². The van der Waals surface area contributed by atoms with E-state index in [-0.39, 0.29) is 0 Å². The Morgan fingerprint density at radius 3 is 1.57 bits per heavy atom. The van der Waals surface area contributed by atoms with Crippen molar-refractivity contribution in [2.75, 3.05) is 9.80 Å². The SMILES string of the molecule is c1ccc(-c2cccc(N(c3cccc(-c4ccccc4N(c4ccc(-c5ccc6ccccc6c5)cc4)c4cccc5oc6ccc7ccccc7c6c45)c3)c3cccc4oc5ccccc5c34)c2)cc1. The van der Waals surface area contributed by atoms with Gasteiger partial charge in [-0.25, -0.2) is 0 Å². The van der Waals surface area contributed by atoms with Crippen LogP contribution in [0.2, 0.25) is 0 Å². The molecule has 14 aromatic rings. The lowest BCUT2D eigenvalue weighted by Gasteiger charge is -2.30. The normalized spacial score (nSPS) is 11.6. The second-order valence-corrected chi connectivity index (χ2v) is 18.4. The molecule has 0 atom stereocenters. The van der Waals surface area contributed by atoms with Crippen LogP contribution in [0.4, 0.5) is 34.1 Å². The van der Waals surface area contributed by atoms with Gasteiger partial charge in [-0.05, 0) is 134 Å². The van der Waals surface area contributed by atoms with Crippen LogP contribution in [-0.4, -0.2) is 0 Å². The third kappa shape index (κ3) is 7.00. The minimum absolute atomic E-state index is 0.838. The molecule has 0 saturated heterocycles. The zero-order valence-corrected chi connectivity index (χ0v) is 39.1. The smallest absolute Gasteiger partial charge is 0.137 e. The molecule has 12 aromatic carbocycles. The average molecular weight is 921 g/mol. The van der Waals surface area contributed by atoms with Crippen LogP contribution in [0.1, 0.15) is 0 Å². The summed E-state index contributed by atoms with van der Waals surface area (Å²) in [5.41, 5.74) is 16.4. The van der Waals surface area contributed by atoms with Crippen LogP contribution in [0.25, 0.3) is 98.8 Å². The summed E-state index contributed by atoms with van der Waals surface area (Å²) >= 11 is 0. The highest BCUT2D eigenvalue weighted by atomic mass is 16.3. The van der Waals surface area contributed by atoms with Crippen molar-refractivity contribution in [3.05, 3.63) is 267 Å². The monoisotopic (exact) mass is 920 g/mol. The molecule has 0 spiro atoms. The van der Waals surface area contributed by atoms with Gasteiger partial charge >= 0.3 is 0 Å². The highest BCUT2D eigenvalue weighted by Crippen LogP contribution is 2.49. The van der Waals surface area contributed by atoms with Crippen molar-refractivity contribution < 1.29 is 8.83 Å². The van der Waals surface area contributed by atoms with E-state index in [4.69, 9.17) is 8.83 Å². The quantitative estimate of drug-likeness (QED) is 0.144. The lowest BCUT2D eigenvalue weighted by atomic mass is 9.98. The van der Waals surface area contributed by atoms with Gasteiger partial charge < -0.3 is 18.6 Å². The first-order valence-corrected chi connectivity index (χ1v) is 24.5. The van der Waals surface area contributed by atoms with Crippen LogP contribution in [0.5, 0.6) is 0 Å². The second-order valence-electron chi connectivity index (χ2n) is 18.4. The zero-order valence-electron chi connectivity index (χ0n) is 39.1. The molecule has 0 N–H and O–H groups in total. The summed E-state index contributed by atoms with van der Waals surface area (Å²) in [5, 5.41) is 9.09. The number of rotatable bonds is 9. The maximum atomic E-state index is 6.73. The predicted molar refractivity (Wildman–Crippen MR) is 302 cm³/mol. The zero-order chi connectivity index (χ0) is 47.5. The van der Waals surface area contributed by atoms with Gasteiger partial charge in [-0.2, -0.15) is 0 Å². The molecule has 0 unspecified atom stereocenters. The molecule has 2 heterocycles. The van der Waals surface area contributed by atoms with E-state index in [0.29, 0.717) is 0 Å². The Labute approximate surface area is 416 Å². The van der Waals surface area contributed by atoms with Crippen molar-refractivity contribution in [1.82, 2.24) is 0 Å². The Morgan fingerprint density at radius 2 is 0.750 bits per heavy atom. The van der Waals surface area contributed by atoms with Gasteiger partial charge in [0.05, 0.1) is 27.8 Å². The lowest BCUT2D eigenvalue weighted by Crippen LogP contribution is -2.12. The molecule has 0 aliphatic rings. The van der Waals surface area contributed by atoms with Crippen LogP contribution < -0.4 is 9.80 Å². The average Bonchev–Trinajstić information content (AvgIpc) is 4.04. The molecule has 0 amide bonds. The van der Waals surface area contributed by atoms with Crippen molar-refractivity contribution in [3.63, 3.8) is 0 Å². The van der Waals surface area contributed by atoms with Crippen LogP contribution in [-0.2, 0) is 0 Å². The number of para-hydroxylation sites is 2. The molecule has 72 heavy (non-hydrogen) atoms. The molecule has 0 bridgehead atoms. The summed E-state index contributed by atoms with van der Waals surface area (Å²) in [7, 11) is 0. The fourth-order valence-corrected chi connectivity index (χ4v) is 10.9. The minimum atomic E-state index is 0.838. The molecule has 4 heteroatoms. The third-order valence-electron chi connectivity index (χ3n) is 14.2.